The van der Waals surface area contributed by atoms with E-state index in [0.29, 0.717) is 22.7 Å². The molecule has 0 unspecified atom stereocenters. The molecule has 3 rings (SSSR count). The van der Waals surface area contributed by atoms with Gasteiger partial charge in [0.2, 0.25) is 10.0 Å². The normalized spacial score (nSPS) is 16.1. The first-order valence-electron chi connectivity index (χ1n) is 10.0. The van der Waals surface area contributed by atoms with Gasteiger partial charge in [-0.3, -0.25) is 13.9 Å². The number of hydrogen-bond acceptors (Lipinski definition) is 5. The van der Waals surface area contributed by atoms with Crippen LogP contribution in [0.25, 0.3) is 0 Å². The molecule has 0 fully saturated rings. The van der Waals surface area contributed by atoms with Crippen molar-refractivity contribution in [3.05, 3.63) is 54.1 Å². The number of amides is 2. The number of carbonyl (C=O) groups is 2. The van der Waals surface area contributed by atoms with E-state index in [0.717, 1.165) is 0 Å². The number of nitrogens with one attached hydrogen (secondary N) is 2. The van der Waals surface area contributed by atoms with Gasteiger partial charge in [0.1, 0.15) is 5.75 Å². The summed E-state index contributed by atoms with van der Waals surface area (Å²) in [5.74, 6) is -0.661. The third-order valence-electron chi connectivity index (χ3n) is 4.65. The fourth-order valence-corrected chi connectivity index (χ4v) is 4.29. The van der Waals surface area contributed by atoms with Crippen molar-refractivity contribution in [2.45, 2.75) is 39.3 Å². The highest BCUT2D eigenvalue weighted by molar-refractivity contribution is 7.92. The lowest BCUT2D eigenvalue weighted by Crippen LogP contribution is -2.49. The van der Waals surface area contributed by atoms with E-state index >= 15 is 0 Å². The van der Waals surface area contributed by atoms with E-state index in [4.69, 9.17) is 4.74 Å². The maximum atomic E-state index is 13.0. The lowest BCUT2D eigenvalue weighted by Gasteiger charge is -2.34. The minimum atomic E-state index is -3.61. The SMILES string of the molecule is CCS(=O)(=O)N1C[C@@H](C(=O)Nc2ccccc2C(=O)NC(C)(C)C)Oc2ccccc21. The monoisotopic (exact) mass is 445 g/mol. The maximum absolute atomic E-state index is 13.0. The van der Waals surface area contributed by atoms with Gasteiger partial charge < -0.3 is 15.4 Å². The highest BCUT2D eigenvalue weighted by Gasteiger charge is 2.36. The second kappa shape index (κ2) is 8.58. The Morgan fingerprint density at radius 3 is 2.42 bits per heavy atom. The lowest BCUT2D eigenvalue weighted by molar-refractivity contribution is -0.122. The molecule has 2 aromatic rings. The Kier molecular flexibility index (Phi) is 6.26. The molecule has 0 saturated heterocycles. The van der Waals surface area contributed by atoms with E-state index in [1.165, 1.54) is 4.31 Å². The van der Waals surface area contributed by atoms with Gasteiger partial charge in [-0.05, 0) is 52.0 Å². The predicted molar refractivity (Wildman–Crippen MR) is 120 cm³/mol. The summed E-state index contributed by atoms with van der Waals surface area (Å²) in [6.45, 7) is 6.98. The summed E-state index contributed by atoms with van der Waals surface area (Å²) in [4.78, 5) is 25.7. The van der Waals surface area contributed by atoms with E-state index < -0.39 is 27.6 Å². The summed E-state index contributed by atoms with van der Waals surface area (Å²) >= 11 is 0. The maximum Gasteiger partial charge on any atom is 0.267 e. The smallest absolute Gasteiger partial charge is 0.267 e. The van der Waals surface area contributed by atoms with Crippen molar-refractivity contribution < 1.29 is 22.7 Å². The van der Waals surface area contributed by atoms with Gasteiger partial charge >= 0.3 is 0 Å². The molecule has 0 saturated carbocycles. The Labute approximate surface area is 182 Å². The molecule has 0 aliphatic carbocycles. The third kappa shape index (κ3) is 5.16. The lowest BCUT2D eigenvalue weighted by atomic mass is 10.1. The summed E-state index contributed by atoms with van der Waals surface area (Å²) < 4.78 is 32.2. The van der Waals surface area contributed by atoms with Gasteiger partial charge in [0.05, 0.1) is 29.2 Å². The Morgan fingerprint density at radius 2 is 1.74 bits per heavy atom. The number of ether oxygens (including phenoxy) is 1. The number of rotatable bonds is 5. The average Bonchev–Trinajstić information content (AvgIpc) is 2.72. The van der Waals surface area contributed by atoms with Gasteiger partial charge in [-0.15, -0.1) is 0 Å². The van der Waals surface area contributed by atoms with Gasteiger partial charge in [-0.25, -0.2) is 8.42 Å². The third-order valence-corrected chi connectivity index (χ3v) is 6.39. The summed E-state index contributed by atoms with van der Waals surface area (Å²) in [5.41, 5.74) is 0.583. The molecular formula is C22H27N3O5S. The Morgan fingerprint density at radius 1 is 1.10 bits per heavy atom. The minimum Gasteiger partial charge on any atom is -0.476 e. The fraction of sp³-hybridized carbons (Fsp3) is 0.364. The first-order chi connectivity index (χ1) is 14.5. The van der Waals surface area contributed by atoms with Crippen LogP contribution in [0.3, 0.4) is 0 Å². The predicted octanol–water partition coefficient (Wildman–Crippen LogP) is 2.77. The zero-order valence-electron chi connectivity index (χ0n) is 18.0. The van der Waals surface area contributed by atoms with Crippen LogP contribution in [0.4, 0.5) is 11.4 Å². The van der Waals surface area contributed by atoms with Crippen LogP contribution in [0.5, 0.6) is 5.75 Å². The number of fused-ring (bicyclic) bond motifs is 1. The van der Waals surface area contributed by atoms with Gasteiger partial charge in [-0.1, -0.05) is 24.3 Å². The van der Waals surface area contributed by atoms with Gasteiger partial charge in [-0.2, -0.15) is 0 Å². The quantitative estimate of drug-likeness (QED) is 0.736. The van der Waals surface area contributed by atoms with E-state index in [2.05, 4.69) is 10.6 Å². The Hall–Kier alpha value is -3.07. The summed E-state index contributed by atoms with van der Waals surface area (Å²) in [6, 6.07) is 13.3. The molecule has 1 heterocycles. The van der Waals surface area contributed by atoms with E-state index in [9.17, 15) is 18.0 Å². The van der Waals surface area contributed by atoms with Gasteiger partial charge in [0.25, 0.3) is 11.8 Å². The van der Waals surface area contributed by atoms with Crippen molar-refractivity contribution >= 4 is 33.2 Å². The number of hydrogen-bond donors (Lipinski definition) is 2. The Balaban J connectivity index is 1.86. The molecule has 1 aliphatic heterocycles. The zero-order valence-corrected chi connectivity index (χ0v) is 18.8. The number of carbonyl (C=O) groups excluding carboxylic acids is 2. The highest BCUT2D eigenvalue weighted by Crippen LogP contribution is 2.35. The second-order valence-electron chi connectivity index (χ2n) is 8.24. The first kappa shape index (κ1) is 22.6. The number of anilines is 2. The van der Waals surface area contributed by atoms with Crippen LogP contribution in [0.2, 0.25) is 0 Å². The molecule has 0 bridgehead atoms. The number of benzene rings is 2. The highest BCUT2D eigenvalue weighted by atomic mass is 32.2. The summed E-state index contributed by atoms with van der Waals surface area (Å²) in [5, 5.41) is 5.59. The van der Waals surface area contributed by atoms with E-state index in [-0.39, 0.29) is 18.2 Å². The summed E-state index contributed by atoms with van der Waals surface area (Å²) in [6.07, 6.45) is -1.07. The van der Waals surface area contributed by atoms with Crippen molar-refractivity contribution in [1.82, 2.24) is 5.32 Å². The molecule has 1 atom stereocenters. The van der Waals surface area contributed by atoms with Crippen LogP contribution in [-0.4, -0.2) is 44.2 Å². The first-order valence-corrected chi connectivity index (χ1v) is 11.6. The van der Waals surface area contributed by atoms with Crippen LogP contribution >= 0.6 is 0 Å². The van der Waals surface area contributed by atoms with Crippen LogP contribution in [0, 0.1) is 0 Å². The molecule has 0 aromatic heterocycles. The largest absolute Gasteiger partial charge is 0.476 e. The molecule has 0 radical (unpaired) electrons. The average molecular weight is 446 g/mol. The van der Waals surface area contributed by atoms with Gasteiger partial charge in [0, 0.05) is 5.54 Å². The van der Waals surface area contributed by atoms with Crippen LogP contribution in [0.15, 0.2) is 48.5 Å². The van der Waals surface area contributed by atoms with Crippen molar-refractivity contribution in [2.75, 3.05) is 21.9 Å². The number of para-hydroxylation sites is 3. The molecule has 2 N–H and O–H groups in total. The molecular weight excluding hydrogens is 418 g/mol. The minimum absolute atomic E-state index is 0.106. The van der Waals surface area contributed by atoms with Crippen molar-refractivity contribution in [3.8, 4) is 5.75 Å². The van der Waals surface area contributed by atoms with Crippen LogP contribution in [0.1, 0.15) is 38.1 Å². The second-order valence-corrected chi connectivity index (χ2v) is 10.4. The van der Waals surface area contributed by atoms with Crippen LogP contribution < -0.4 is 19.7 Å². The van der Waals surface area contributed by atoms with Crippen LogP contribution in [-0.2, 0) is 14.8 Å². The Bertz CT molecular complexity index is 1090. The summed E-state index contributed by atoms with van der Waals surface area (Å²) in [7, 11) is -3.61. The van der Waals surface area contributed by atoms with Crippen molar-refractivity contribution in [1.29, 1.82) is 0 Å². The zero-order chi connectivity index (χ0) is 22.8. The number of nitrogens with zero attached hydrogens (tertiary/aromatic N) is 1. The van der Waals surface area contributed by atoms with Gasteiger partial charge in [0.15, 0.2) is 6.10 Å². The standard InChI is InChI=1S/C22H27N3O5S/c1-5-31(28,29)25-14-19(30-18-13-9-8-12-17(18)25)21(27)23-16-11-7-6-10-15(16)20(26)24-22(2,3)4/h6-13,19H,5,14H2,1-4H3,(H,23,27)(H,24,26)/t19-/m0/s1. The van der Waals surface area contributed by atoms with E-state index in [1.807, 2.05) is 20.8 Å². The number of sulfonamides is 1. The molecule has 31 heavy (non-hydrogen) atoms. The van der Waals surface area contributed by atoms with Crippen molar-refractivity contribution in [3.63, 3.8) is 0 Å². The van der Waals surface area contributed by atoms with Crippen molar-refractivity contribution in [2.24, 2.45) is 0 Å². The molecule has 2 aromatic carbocycles. The fourth-order valence-electron chi connectivity index (χ4n) is 3.17. The molecule has 166 valence electrons. The molecule has 9 heteroatoms. The molecule has 1 aliphatic rings. The van der Waals surface area contributed by atoms with E-state index in [1.54, 1.807) is 55.5 Å². The molecule has 8 nitrogen and oxygen atoms in total. The molecule has 0 spiro atoms. The topological polar surface area (TPSA) is 105 Å². The molecule has 2 amide bonds.